The molecular weight excluding hydrogens is 365 g/mol. The van der Waals surface area contributed by atoms with Crippen LogP contribution in [0.3, 0.4) is 0 Å². The van der Waals surface area contributed by atoms with E-state index < -0.39 is 11.7 Å². The Hall–Kier alpha value is -2.55. The maximum atomic E-state index is 12.8. The Morgan fingerprint density at radius 2 is 1.96 bits per heavy atom. The first-order valence-electron chi connectivity index (χ1n) is 7.70. The first-order chi connectivity index (χ1) is 12.3. The second-order valence-electron chi connectivity index (χ2n) is 5.59. The van der Waals surface area contributed by atoms with Gasteiger partial charge in [-0.3, -0.25) is 9.20 Å². The molecule has 0 saturated heterocycles. The van der Waals surface area contributed by atoms with Crippen molar-refractivity contribution in [2.24, 2.45) is 0 Å². The molecule has 0 saturated carbocycles. The van der Waals surface area contributed by atoms with E-state index in [-0.39, 0.29) is 29.7 Å². The number of alkyl halides is 3. The third-order valence-corrected chi connectivity index (χ3v) is 4.87. The summed E-state index contributed by atoms with van der Waals surface area (Å²) in [6, 6.07) is 9.90. The van der Waals surface area contributed by atoms with Crippen LogP contribution in [-0.2, 0) is 17.5 Å². The fourth-order valence-corrected chi connectivity index (χ4v) is 3.18. The number of fused-ring (bicyclic) bond motifs is 1. The summed E-state index contributed by atoms with van der Waals surface area (Å²) in [6.07, 6.45) is -3.53. The van der Waals surface area contributed by atoms with Crippen molar-refractivity contribution in [3.05, 3.63) is 59.5 Å². The highest BCUT2D eigenvalue weighted by Crippen LogP contribution is 2.29. The van der Waals surface area contributed by atoms with Gasteiger partial charge in [-0.1, -0.05) is 18.2 Å². The number of amides is 1. The third-order valence-electron chi connectivity index (χ3n) is 3.70. The fraction of sp³-hybridized carbons (Fsp3) is 0.235. The molecular formula is C17H15F3N4OS. The lowest BCUT2D eigenvalue weighted by molar-refractivity contribution is -0.137. The summed E-state index contributed by atoms with van der Waals surface area (Å²) in [5.41, 5.74) is 0.567. The van der Waals surface area contributed by atoms with E-state index in [1.165, 1.54) is 22.2 Å². The van der Waals surface area contributed by atoms with E-state index in [2.05, 4.69) is 15.5 Å². The van der Waals surface area contributed by atoms with Crippen LogP contribution in [0.1, 0.15) is 17.0 Å². The summed E-state index contributed by atoms with van der Waals surface area (Å²) in [4.78, 5) is 13.0. The Bertz CT molecular complexity index is 939. The monoisotopic (exact) mass is 380 g/mol. The van der Waals surface area contributed by atoms with Crippen LogP contribution in [0, 0.1) is 6.92 Å². The second kappa shape index (κ2) is 7.36. The van der Waals surface area contributed by atoms with Gasteiger partial charge in [0.2, 0.25) is 5.91 Å². The maximum Gasteiger partial charge on any atom is 0.417 e. The van der Waals surface area contributed by atoms with Crippen molar-refractivity contribution in [3.8, 4) is 0 Å². The lowest BCUT2D eigenvalue weighted by Crippen LogP contribution is -2.25. The molecule has 0 fully saturated rings. The number of aromatic nitrogens is 3. The minimum Gasteiger partial charge on any atom is -0.348 e. The van der Waals surface area contributed by atoms with E-state index in [9.17, 15) is 18.0 Å². The van der Waals surface area contributed by atoms with Gasteiger partial charge < -0.3 is 5.32 Å². The van der Waals surface area contributed by atoms with Crippen LogP contribution in [0.5, 0.6) is 0 Å². The number of aryl methyl sites for hydroxylation is 1. The standard InChI is InChI=1S/C17H15F3N4OS/c1-11-4-2-3-5-13(11)26-10-16(25)21-8-15-23-22-14-7-6-12(9-24(14)15)17(18,19)20/h2-7,9H,8,10H2,1H3,(H,21,25). The van der Waals surface area contributed by atoms with Crippen LogP contribution in [0.25, 0.3) is 5.65 Å². The van der Waals surface area contributed by atoms with E-state index in [1.807, 2.05) is 31.2 Å². The molecule has 0 atom stereocenters. The molecule has 0 spiro atoms. The predicted molar refractivity (Wildman–Crippen MR) is 91.7 cm³/mol. The average molecular weight is 380 g/mol. The molecule has 0 aliphatic carbocycles. The highest BCUT2D eigenvalue weighted by Gasteiger charge is 2.31. The van der Waals surface area contributed by atoms with Gasteiger partial charge in [0.15, 0.2) is 11.5 Å². The minimum atomic E-state index is -4.46. The molecule has 0 unspecified atom stereocenters. The number of thioether (sulfide) groups is 1. The Labute approximate surface area is 151 Å². The van der Waals surface area contributed by atoms with Crippen molar-refractivity contribution >= 4 is 23.3 Å². The summed E-state index contributed by atoms with van der Waals surface area (Å²) < 4.78 is 39.7. The van der Waals surface area contributed by atoms with Crippen LogP contribution in [0.2, 0.25) is 0 Å². The van der Waals surface area contributed by atoms with E-state index in [4.69, 9.17) is 0 Å². The molecule has 136 valence electrons. The SMILES string of the molecule is Cc1ccccc1SCC(=O)NCc1nnc2ccc(C(F)(F)F)cn12. The van der Waals surface area contributed by atoms with Crippen molar-refractivity contribution < 1.29 is 18.0 Å². The number of carbonyl (C=O) groups excluding carboxylic acids is 1. The van der Waals surface area contributed by atoms with Crippen molar-refractivity contribution in [3.63, 3.8) is 0 Å². The Morgan fingerprint density at radius 3 is 2.69 bits per heavy atom. The Morgan fingerprint density at radius 1 is 1.19 bits per heavy atom. The zero-order chi connectivity index (χ0) is 18.7. The number of hydrogen-bond acceptors (Lipinski definition) is 4. The summed E-state index contributed by atoms with van der Waals surface area (Å²) >= 11 is 1.40. The van der Waals surface area contributed by atoms with E-state index >= 15 is 0 Å². The van der Waals surface area contributed by atoms with Crippen LogP contribution in [-0.4, -0.2) is 26.3 Å². The molecule has 0 aliphatic heterocycles. The largest absolute Gasteiger partial charge is 0.417 e. The summed E-state index contributed by atoms with van der Waals surface area (Å²) in [7, 11) is 0. The van der Waals surface area contributed by atoms with Gasteiger partial charge in [0.1, 0.15) is 0 Å². The van der Waals surface area contributed by atoms with Gasteiger partial charge >= 0.3 is 6.18 Å². The van der Waals surface area contributed by atoms with E-state index in [0.717, 1.165) is 22.7 Å². The lowest BCUT2D eigenvalue weighted by Gasteiger charge is -2.08. The quantitative estimate of drug-likeness (QED) is 0.689. The summed E-state index contributed by atoms with van der Waals surface area (Å²) in [6.45, 7) is 1.95. The van der Waals surface area contributed by atoms with E-state index in [0.29, 0.717) is 0 Å². The number of nitrogens with one attached hydrogen (secondary N) is 1. The van der Waals surface area contributed by atoms with Crippen LogP contribution in [0.4, 0.5) is 13.2 Å². The number of hydrogen-bond donors (Lipinski definition) is 1. The second-order valence-corrected chi connectivity index (χ2v) is 6.61. The molecule has 1 amide bonds. The summed E-state index contributed by atoms with van der Waals surface area (Å²) in [5, 5.41) is 10.3. The van der Waals surface area contributed by atoms with Gasteiger partial charge in [0.25, 0.3) is 0 Å². The number of halogens is 3. The van der Waals surface area contributed by atoms with Crippen molar-refractivity contribution in [1.29, 1.82) is 0 Å². The molecule has 0 aliphatic rings. The zero-order valence-electron chi connectivity index (χ0n) is 13.7. The van der Waals surface area contributed by atoms with Crippen molar-refractivity contribution in [2.75, 3.05) is 5.75 Å². The molecule has 0 radical (unpaired) electrons. The highest BCUT2D eigenvalue weighted by molar-refractivity contribution is 8.00. The highest BCUT2D eigenvalue weighted by atomic mass is 32.2. The third kappa shape index (κ3) is 4.16. The molecule has 3 aromatic rings. The number of benzene rings is 1. The zero-order valence-corrected chi connectivity index (χ0v) is 14.6. The van der Waals surface area contributed by atoms with Crippen LogP contribution >= 0.6 is 11.8 Å². The number of pyridine rings is 1. The van der Waals surface area contributed by atoms with Crippen LogP contribution in [0.15, 0.2) is 47.5 Å². The Balaban J connectivity index is 1.64. The van der Waals surface area contributed by atoms with Crippen molar-refractivity contribution in [2.45, 2.75) is 24.5 Å². The number of nitrogens with zero attached hydrogens (tertiary/aromatic N) is 3. The van der Waals surface area contributed by atoms with Crippen molar-refractivity contribution in [1.82, 2.24) is 19.9 Å². The predicted octanol–water partition coefficient (Wildman–Crippen LogP) is 3.47. The minimum absolute atomic E-state index is 0.00432. The first-order valence-corrected chi connectivity index (χ1v) is 8.69. The topological polar surface area (TPSA) is 59.3 Å². The van der Waals surface area contributed by atoms with Gasteiger partial charge in [-0.25, -0.2) is 0 Å². The number of rotatable bonds is 5. The fourth-order valence-electron chi connectivity index (χ4n) is 2.32. The average Bonchev–Trinajstić information content (AvgIpc) is 3.01. The molecule has 3 rings (SSSR count). The van der Waals surface area contributed by atoms with Gasteiger partial charge in [-0.15, -0.1) is 22.0 Å². The first kappa shape index (κ1) is 18.2. The van der Waals surface area contributed by atoms with Crippen LogP contribution < -0.4 is 5.32 Å². The molecule has 2 aromatic heterocycles. The van der Waals surface area contributed by atoms with Gasteiger partial charge in [0.05, 0.1) is 17.9 Å². The molecule has 26 heavy (non-hydrogen) atoms. The normalized spacial score (nSPS) is 11.7. The van der Waals surface area contributed by atoms with E-state index in [1.54, 1.807) is 0 Å². The van der Waals surface area contributed by atoms with Gasteiger partial charge in [-0.05, 0) is 30.7 Å². The molecule has 9 heteroatoms. The smallest absolute Gasteiger partial charge is 0.348 e. The molecule has 2 heterocycles. The van der Waals surface area contributed by atoms with Gasteiger partial charge in [-0.2, -0.15) is 13.2 Å². The Kier molecular flexibility index (Phi) is 5.17. The van der Waals surface area contributed by atoms with Gasteiger partial charge in [0, 0.05) is 11.1 Å². The molecule has 5 nitrogen and oxygen atoms in total. The molecule has 1 aromatic carbocycles. The number of carbonyl (C=O) groups is 1. The lowest BCUT2D eigenvalue weighted by atomic mass is 10.2. The summed E-state index contributed by atoms with van der Waals surface area (Å²) in [5.74, 6) is 0.206. The molecule has 0 bridgehead atoms. The maximum absolute atomic E-state index is 12.8. The molecule has 1 N–H and O–H groups in total.